The predicted octanol–water partition coefficient (Wildman–Crippen LogP) is 2.54. The highest BCUT2D eigenvalue weighted by Gasteiger charge is 2.25. The first-order chi connectivity index (χ1) is 10.0. The van der Waals surface area contributed by atoms with E-state index >= 15 is 0 Å². The van der Waals surface area contributed by atoms with Gasteiger partial charge in [-0.25, -0.2) is 4.79 Å². The standard InChI is InChI=1S/C15H21ClN2O3/c1-11-9-18(10-12(2)21-11)15(19)17-7-8-20-14-5-3-13(16)4-6-14/h3-6,11-12H,7-10H2,1-2H3,(H,17,19). The molecule has 21 heavy (non-hydrogen) atoms. The molecule has 5 nitrogen and oxygen atoms in total. The lowest BCUT2D eigenvalue weighted by molar-refractivity contribution is -0.0545. The van der Waals surface area contributed by atoms with Gasteiger partial charge in [0, 0.05) is 18.1 Å². The number of ether oxygens (including phenoxy) is 2. The Kier molecular flexibility index (Phi) is 5.70. The number of carbonyl (C=O) groups excluding carboxylic acids is 1. The zero-order valence-electron chi connectivity index (χ0n) is 12.3. The van der Waals surface area contributed by atoms with Crippen molar-refractivity contribution in [3.63, 3.8) is 0 Å². The highest BCUT2D eigenvalue weighted by atomic mass is 35.5. The average Bonchev–Trinajstić information content (AvgIpc) is 2.44. The summed E-state index contributed by atoms with van der Waals surface area (Å²) in [6.45, 7) is 6.06. The van der Waals surface area contributed by atoms with Crippen LogP contribution >= 0.6 is 11.6 Å². The quantitative estimate of drug-likeness (QED) is 0.869. The SMILES string of the molecule is CC1CN(C(=O)NCCOc2ccc(Cl)cc2)CC(C)O1. The molecule has 0 radical (unpaired) electrons. The molecule has 0 saturated carbocycles. The Morgan fingerprint density at radius 1 is 1.33 bits per heavy atom. The van der Waals surface area contributed by atoms with Gasteiger partial charge in [0.25, 0.3) is 0 Å². The summed E-state index contributed by atoms with van der Waals surface area (Å²) in [6, 6.07) is 7.07. The van der Waals surface area contributed by atoms with Crippen molar-refractivity contribution in [3.8, 4) is 5.75 Å². The topological polar surface area (TPSA) is 50.8 Å². The van der Waals surface area contributed by atoms with E-state index in [1.165, 1.54) is 0 Å². The molecule has 1 heterocycles. The monoisotopic (exact) mass is 312 g/mol. The maximum Gasteiger partial charge on any atom is 0.317 e. The van der Waals surface area contributed by atoms with Gasteiger partial charge >= 0.3 is 6.03 Å². The number of amides is 2. The van der Waals surface area contributed by atoms with E-state index in [1.807, 2.05) is 13.8 Å². The van der Waals surface area contributed by atoms with E-state index in [2.05, 4.69) is 5.32 Å². The Hall–Kier alpha value is -1.46. The Balaban J connectivity index is 1.68. The van der Waals surface area contributed by atoms with Gasteiger partial charge in [0.1, 0.15) is 12.4 Å². The number of halogens is 1. The summed E-state index contributed by atoms with van der Waals surface area (Å²) in [7, 11) is 0. The molecule has 1 fully saturated rings. The van der Waals surface area contributed by atoms with Crippen LogP contribution in [0.25, 0.3) is 0 Å². The van der Waals surface area contributed by atoms with Gasteiger partial charge in [-0.15, -0.1) is 0 Å². The van der Waals surface area contributed by atoms with E-state index < -0.39 is 0 Å². The molecule has 6 heteroatoms. The van der Waals surface area contributed by atoms with Crippen LogP contribution in [-0.2, 0) is 4.74 Å². The summed E-state index contributed by atoms with van der Waals surface area (Å²) in [5.74, 6) is 0.738. The number of benzene rings is 1. The number of urea groups is 1. The van der Waals surface area contributed by atoms with Crippen LogP contribution < -0.4 is 10.1 Å². The third-order valence-electron chi connectivity index (χ3n) is 3.17. The Labute approximate surface area is 130 Å². The van der Waals surface area contributed by atoms with Gasteiger partial charge in [-0.3, -0.25) is 0 Å². The number of nitrogens with one attached hydrogen (secondary N) is 1. The molecule has 1 N–H and O–H groups in total. The molecule has 1 aromatic carbocycles. The maximum atomic E-state index is 12.0. The minimum Gasteiger partial charge on any atom is -0.492 e. The van der Waals surface area contributed by atoms with Crippen LogP contribution in [0, 0.1) is 0 Å². The molecule has 1 aliphatic heterocycles. The smallest absolute Gasteiger partial charge is 0.317 e. The molecule has 2 unspecified atom stereocenters. The molecule has 2 amide bonds. The van der Waals surface area contributed by atoms with Crippen molar-refractivity contribution in [2.45, 2.75) is 26.1 Å². The van der Waals surface area contributed by atoms with Crippen molar-refractivity contribution in [1.29, 1.82) is 0 Å². The van der Waals surface area contributed by atoms with Crippen molar-refractivity contribution in [3.05, 3.63) is 29.3 Å². The highest BCUT2D eigenvalue weighted by Crippen LogP contribution is 2.15. The zero-order valence-corrected chi connectivity index (χ0v) is 13.1. The second kappa shape index (κ2) is 7.52. The van der Waals surface area contributed by atoms with Crippen molar-refractivity contribution >= 4 is 17.6 Å². The lowest BCUT2D eigenvalue weighted by atomic mass is 10.2. The van der Waals surface area contributed by atoms with Crippen LogP contribution in [0.2, 0.25) is 5.02 Å². The van der Waals surface area contributed by atoms with Gasteiger partial charge in [0.05, 0.1) is 18.8 Å². The molecule has 116 valence electrons. The van der Waals surface area contributed by atoms with Crippen LogP contribution in [-0.4, -0.2) is 49.4 Å². The summed E-state index contributed by atoms with van der Waals surface area (Å²) in [5, 5.41) is 3.53. The summed E-state index contributed by atoms with van der Waals surface area (Å²) in [6.07, 6.45) is 0.148. The summed E-state index contributed by atoms with van der Waals surface area (Å²) in [4.78, 5) is 13.8. The van der Waals surface area contributed by atoms with Gasteiger partial charge in [-0.1, -0.05) is 11.6 Å². The molecule has 2 atom stereocenters. The van der Waals surface area contributed by atoms with Crippen LogP contribution in [0.1, 0.15) is 13.8 Å². The van der Waals surface area contributed by atoms with Crippen LogP contribution in [0.15, 0.2) is 24.3 Å². The number of morpholine rings is 1. The molecule has 0 aliphatic carbocycles. The van der Waals surface area contributed by atoms with E-state index in [0.29, 0.717) is 31.3 Å². The fourth-order valence-electron chi connectivity index (χ4n) is 2.31. The first-order valence-corrected chi connectivity index (χ1v) is 7.49. The number of hydrogen-bond donors (Lipinski definition) is 1. The second-order valence-electron chi connectivity index (χ2n) is 5.20. The Morgan fingerprint density at radius 2 is 1.95 bits per heavy atom. The second-order valence-corrected chi connectivity index (χ2v) is 5.63. The Morgan fingerprint density at radius 3 is 2.57 bits per heavy atom. The fourth-order valence-corrected chi connectivity index (χ4v) is 2.44. The fraction of sp³-hybridized carbons (Fsp3) is 0.533. The largest absolute Gasteiger partial charge is 0.492 e. The van der Waals surface area contributed by atoms with Crippen LogP contribution in [0.3, 0.4) is 0 Å². The van der Waals surface area contributed by atoms with Gasteiger partial charge < -0.3 is 19.7 Å². The minimum atomic E-state index is -0.0725. The molecule has 1 aromatic rings. The molecule has 0 aromatic heterocycles. The summed E-state index contributed by atoms with van der Waals surface area (Å²) >= 11 is 5.80. The average molecular weight is 313 g/mol. The highest BCUT2D eigenvalue weighted by molar-refractivity contribution is 6.30. The first kappa shape index (κ1) is 15.9. The molecule has 1 saturated heterocycles. The number of hydrogen-bond acceptors (Lipinski definition) is 3. The first-order valence-electron chi connectivity index (χ1n) is 7.11. The summed E-state index contributed by atoms with van der Waals surface area (Å²) < 4.78 is 11.1. The molecule has 1 aliphatic rings. The zero-order chi connectivity index (χ0) is 15.2. The third-order valence-corrected chi connectivity index (χ3v) is 3.42. The number of nitrogens with zero attached hydrogens (tertiary/aromatic N) is 1. The maximum absolute atomic E-state index is 12.0. The van der Waals surface area contributed by atoms with Gasteiger partial charge in [-0.05, 0) is 38.1 Å². The van der Waals surface area contributed by atoms with Gasteiger partial charge in [0.15, 0.2) is 0 Å². The van der Waals surface area contributed by atoms with Crippen molar-refractivity contribution in [2.75, 3.05) is 26.2 Å². The van der Waals surface area contributed by atoms with E-state index in [1.54, 1.807) is 29.2 Å². The van der Waals surface area contributed by atoms with Gasteiger partial charge in [-0.2, -0.15) is 0 Å². The Bertz CT molecular complexity index is 456. The summed E-state index contributed by atoms with van der Waals surface area (Å²) in [5.41, 5.74) is 0. The lowest BCUT2D eigenvalue weighted by Crippen LogP contribution is -2.52. The molecule has 2 rings (SSSR count). The predicted molar refractivity (Wildman–Crippen MR) is 81.9 cm³/mol. The van der Waals surface area contributed by atoms with E-state index in [4.69, 9.17) is 21.1 Å². The lowest BCUT2D eigenvalue weighted by Gasteiger charge is -2.35. The van der Waals surface area contributed by atoms with Crippen molar-refractivity contribution in [2.24, 2.45) is 0 Å². The van der Waals surface area contributed by atoms with E-state index in [-0.39, 0.29) is 18.2 Å². The van der Waals surface area contributed by atoms with E-state index in [9.17, 15) is 4.79 Å². The molecular formula is C15H21ClN2O3. The molecule has 0 spiro atoms. The van der Waals surface area contributed by atoms with Crippen LogP contribution in [0.4, 0.5) is 4.79 Å². The van der Waals surface area contributed by atoms with E-state index in [0.717, 1.165) is 5.75 Å². The third kappa shape index (κ3) is 5.10. The van der Waals surface area contributed by atoms with Crippen molar-refractivity contribution < 1.29 is 14.3 Å². The van der Waals surface area contributed by atoms with Crippen molar-refractivity contribution in [1.82, 2.24) is 10.2 Å². The number of rotatable bonds is 4. The van der Waals surface area contributed by atoms with Crippen LogP contribution in [0.5, 0.6) is 5.75 Å². The molecule has 0 bridgehead atoms. The minimum absolute atomic E-state index is 0.0725. The number of carbonyl (C=O) groups is 1. The molecular weight excluding hydrogens is 292 g/mol. The van der Waals surface area contributed by atoms with Gasteiger partial charge in [0.2, 0.25) is 0 Å². The normalized spacial score (nSPS) is 22.0.